The summed E-state index contributed by atoms with van der Waals surface area (Å²) in [6, 6.07) is 0. The molecule has 114 valence electrons. The number of hydrogen-bond acceptors (Lipinski definition) is 2. The summed E-state index contributed by atoms with van der Waals surface area (Å²) >= 11 is 0. The van der Waals surface area contributed by atoms with E-state index >= 15 is 0 Å². The molecule has 0 amide bonds. The minimum atomic E-state index is -0.356. The van der Waals surface area contributed by atoms with E-state index in [9.17, 15) is 0 Å². The topological polar surface area (TPSA) is 90.4 Å². The van der Waals surface area contributed by atoms with E-state index < -0.39 is 0 Å². The zero-order valence-electron chi connectivity index (χ0n) is 14.0. The molecule has 0 bridgehead atoms. The molecule has 0 saturated carbocycles. The van der Waals surface area contributed by atoms with Gasteiger partial charge in [0.2, 0.25) is 0 Å². The number of aliphatic imine (C=N–C) groups is 1. The second-order valence-corrected chi connectivity index (χ2v) is 7.61. The second kappa shape index (κ2) is 5.70. The van der Waals surface area contributed by atoms with Crippen molar-refractivity contribution in [2.75, 3.05) is 0 Å². The van der Waals surface area contributed by atoms with Crippen LogP contribution in [0.25, 0.3) is 0 Å². The number of nitrogens with two attached hydrogens (primary N) is 3. The van der Waals surface area contributed by atoms with Crippen molar-refractivity contribution >= 4 is 5.96 Å². The van der Waals surface area contributed by atoms with Crippen LogP contribution < -0.4 is 17.2 Å². The van der Waals surface area contributed by atoms with Crippen molar-refractivity contribution < 1.29 is 0 Å². The van der Waals surface area contributed by atoms with Gasteiger partial charge in [-0.1, -0.05) is 27.7 Å². The third kappa shape index (κ3) is 4.10. The van der Waals surface area contributed by atoms with Crippen molar-refractivity contribution in [1.29, 1.82) is 0 Å². The van der Waals surface area contributed by atoms with Crippen LogP contribution in [0.2, 0.25) is 0 Å². The summed E-state index contributed by atoms with van der Waals surface area (Å²) in [6.45, 7) is 17.3. The van der Waals surface area contributed by atoms with E-state index in [-0.39, 0.29) is 22.5 Å². The molecule has 0 spiro atoms. The highest BCUT2D eigenvalue weighted by Crippen LogP contribution is 2.51. The fourth-order valence-electron chi connectivity index (χ4n) is 3.88. The monoisotopic (exact) mass is 270 g/mol. The molecule has 0 aromatic heterocycles. The maximum atomic E-state index is 6.31. The third-order valence-electron chi connectivity index (χ3n) is 4.36. The lowest BCUT2D eigenvalue weighted by Gasteiger charge is -2.53. The average Bonchev–Trinajstić information content (AvgIpc) is 2.08. The van der Waals surface area contributed by atoms with Gasteiger partial charge in [-0.3, -0.25) is 0 Å². The van der Waals surface area contributed by atoms with Gasteiger partial charge >= 0.3 is 0 Å². The van der Waals surface area contributed by atoms with Gasteiger partial charge in [0.15, 0.2) is 5.96 Å². The smallest absolute Gasteiger partial charge is 0.186 e. The molecule has 0 atom stereocenters. The van der Waals surface area contributed by atoms with Crippen molar-refractivity contribution in [2.24, 2.45) is 39.4 Å². The summed E-state index contributed by atoms with van der Waals surface area (Å²) in [5.74, 6) is 0.993. The van der Waals surface area contributed by atoms with Crippen LogP contribution >= 0.6 is 0 Å². The minimum absolute atomic E-state index is 0.0603. The van der Waals surface area contributed by atoms with E-state index in [0.29, 0.717) is 11.8 Å². The Labute approximate surface area is 119 Å². The first-order chi connectivity index (χ1) is 8.26. The molecule has 0 heterocycles. The predicted molar refractivity (Wildman–Crippen MR) is 84.9 cm³/mol. The molecule has 0 aliphatic heterocycles. The molecule has 4 nitrogen and oxygen atoms in total. The summed E-state index contributed by atoms with van der Waals surface area (Å²) in [4.78, 5) is 4.53. The molecular formula is C15H34N4. The van der Waals surface area contributed by atoms with E-state index in [1.165, 1.54) is 0 Å². The van der Waals surface area contributed by atoms with Crippen LogP contribution in [0.15, 0.2) is 4.99 Å². The van der Waals surface area contributed by atoms with Crippen LogP contribution in [-0.4, -0.2) is 17.0 Å². The molecule has 0 fully saturated rings. The highest BCUT2D eigenvalue weighted by Gasteiger charge is 2.51. The van der Waals surface area contributed by atoms with E-state index in [4.69, 9.17) is 17.2 Å². The van der Waals surface area contributed by atoms with Crippen LogP contribution in [0, 0.1) is 17.3 Å². The van der Waals surface area contributed by atoms with Crippen LogP contribution in [0.3, 0.4) is 0 Å². The Bertz CT molecular complexity index is 310. The molecule has 0 aromatic carbocycles. The van der Waals surface area contributed by atoms with Crippen molar-refractivity contribution in [3.63, 3.8) is 0 Å². The lowest BCUT2D eigenvalue weighted by molar-refractivity contribution is 0.000173. The zero-order chi connectivity index (χ0) is 15.6. The van der Waals surface area contributed by atoms with Crippen molar-refractivity contribution in [3.05, 3.63) is 0 Å². The van der Waals surface area contributed by atoms with Crippen LogP contribution in [0.5, 0.6) is 0 Å². The molecule has 6 N–H and O–H groups in total. The molecule has 4 heteroatoms. The standard InChI is InChI=1S/C15H34N4/c1-10(2)15(11(3)4,9-13(5,6)18)14(7,8)19-12(16)17/h10-11H,9,18H2,1-8H3,(H4,16,17,19). The SMILES string of the molecule is CC(C)C(CC(C)(C)N)(C(C)C)C(C)(C)N=C(N)N. The number of hydrogen-bond donors (Lipinski definition) is 3. The highest BCUT2D eigenvalue weighted by atomic mass is 15.0. The van der Waals surface area contributed by atoms with Gasteiger partial charge in [0.05, 0.1) is 5.54 Å². The van der Waals surface area contributed by atoms with Gasteiger partial charge in [-0.2, -0.15) is 0 Å². The van der Waals surface area contributed by atoms with Gasteiger partial charge in [-0.15, -0.1) is 0 Å². The largest absolute Gasteiger partial charge is 0.370 e. The van der Waals surface area contributed by atoms with Gasteiger partial charge in [-0.25, -0.2) is 4.99 Å². The molecule has 0 saturated heterocycles. The lowest BCUT2D eigenvalue weighted by Crippen LogP contribution is -2.56. The van der Waals surface area contributed by atoms with Gasteiger partial charge in [0.25, 0.3) is 0 Å². The summed E-state index contributed by atoms with van der Waals surface area (Å²) < 4.78 is 0. The van der Waals surface area contributed by atoms with E-state index in [1.807, 2.05) is 0 Å². The average molecular weight is 270 g/mol. The first-order valence-electron chi connectivity index (χ1n) is 7.16. The maximum Gasteiger partial charge on any atom is 0.186 e. The highest BCUT2D eigenvalue weighted by molar-refractivity contribution is 5.76. The molecule has 0 rings (SSSR count). The zero-order valence-corrected chi connectivity index (χ0v) is 14.0. The first kappa shape index (κ1) is 18.2. The van der Waals surface area contributed by atoms with E-state index in [2.05, 4.69) is 60.4 Å². The van der Waals surface area contributed by atoms with Crippen molar-refractivity contribution in [2.45, 2.75) is 72.9 Å². The van der Waals surface area contributed by atoms with E-state index in [1.54, 1.807) is 0 Å². The Morgan fingerprint density at radius 1 is 0.947 bits per heavy atom. The van der Waals surface area contributed by atoms with Crippen LogP contribution in [-0.2, 0) is 0 Å². The third-order valence-corrected chi connectivity index (χ3v) is 4.36. The van der Waals surface area contributed by atoms with Gasteiger partial charge in [0, 0.05) is 11.0 Å². The molecule has 0 aliphatic carbocycles. The summed E-state index contributed by atoms with van der Waals surface area (Å²) in [7, 11) is 0. The minimum Gasteiger partial charge on any atom is -0.370 e. The Hall–Kier alpha value is -0.770. The number of nitrogens with zero attached hydrogens (tertiary/aromatic N) is 1. The fraction of sp³-hybridized carbons (Fsp3) is 0.933. The summed E-state index contributed by atoms with van der Waals surface area (Å²) in [5, 5.41) is 0. The lowest BCUT2D eigenvalue weighted by atomic mass is 9.54. The Morgan fingerprint density at radius 2 is 1.32 bits per heavy atom. The van der Waals surface area contributed by atoms with E-state index in [0.717, 1.165) is 6.42 Å². The molecule has 0 unspecified atom stereocenters. The molecule has 0 aliphatic rings. The Kier molecular flexibility index (Phi) is 5.46. The van der Waals surface area contributed by atoms with Gasteiger partial charge in [0.1, 0.15) is 0 Å². The van der Waals surface area contributed by atoms with Gasteiger partial charge < -0.3 is 17.2 Å². The summed E-state index contributed by atoms with van der Waals surface area (Å²) in [6.07, 6.45) is 0.874. The normalized spacial score (nSPS) is 14.1. The van der Waals surface area contributed by atoms with Crippen LogP contribution in [0.1, 0.15) is 61.8 Å². The summed E-state index contributed by atoms with van der Waals surface area (Å²) in [5.41, 5.74) is 16.9. The Balaban J connectivity index is 5.94. The Morgan fingerprint density at radius 3 is 1.53 bits per heavy atom. The molecular weight excluding hydrogens is 236 g/mol. The van der Waals surface area contributed by atoms with Crippen molar-refractivity contribution in [3.8, 4) is 0 Å². The fourth-order valence-corrected chi connectivity index (χ4v) is 3.88. The predicted octanol–water partition coefficient (Wildman–Crippen LogP) is 2.46. The second-order valence-electron chi connectivity index (χ2n) is 7.61. The molecule has 0 radical (unpaired) electrons. The molecule has 0 aromatic rings. The first-order valence-corrected chi connectivity index (χ1v) is 7.16. The van der Waals surface area contributed by atoms with Crippen LogP contribution in [0.4, 0.5) is 0 Å². The number of guanidine groups is 1. The van der Waals surface area contributed by atoms with Gasteiger partial charge in [-0.05, 0) is 46.0 Å². The number of rotatable bonds is 6. The maximum absolute atomic E-state index is 6.31. The molecule has 19 heavy (non-hydrogen) atoms. The quantitative estimate of drug-likeness (QED) is 0.511. The van der Waals surface area contributed by atoms with Crippen molar-refractivity contribution in [1.82, 2.24) is 0 Å².